The largest absolute Gasteiger partial charge is 0.378 e. The molecule has 0 saturated heterocycles. The third-order valence-corrected chi connectivity index (χ3v) is 1.27. The maximum Gasteiger partial charge on any atom is 0.0360 e. The van der Waals surface area contributed by atoms with Crippen molar-refractivity contribution in [3.8, 4) is 0 Å². The van der Waals surface area contributed by atoms with Crippen LogP contribution in [0.25, 0.3) is 0 Å². The fraction of sp³-hybridized carbons (Fsp3) is 0.250. The van der Waals surface area contributed by atoms with Crippen LogP contribution in [0.5, 0.6) is 0 Å². The molecule has 0 aliphatic rings. The Hall–Kier alpha value is -0.266. The molecule has 1 aromatic rings. The predicted molar refractivity (Wildman–Crippen MR) is 40.8 cm³/mol. The molecule has 0 bridgehead atoms. The van der Waals surface area contributed by atoms with Crippen molar-refractivity contribution in [2.24, 2.45) is 0 Å². The van der Waals surface area contributed by atoms with Gasteiger partial charge in [0.1, 0.15) is 0 Å². The number of para-hydroxylation sites is 1. The van der Waals surface area contributed by atoms with Crippen LogP contribution >= 0.6 is 0 Å². The summed E-state index contributed by atoms with van der Waals surface area (Å²) in [6.45, 7) is 0. The van der Waals surface area contributed by atoms with Gasteiger partial charge in [-0.15, -0.1) is 0 Å². The maximum absolute atomic E-state index is 2.08. The summed E-state index contributed by atoms with van der Waals surface area (Å²) in [7, 11) is 4.07. The molecule has 1 rings (SSSR count). The molecule has 52 valence electrons. The van der Waals surface area contributed by atoms with Crippen LogP contribution in [0.4, 0.5) is 5.69 Å². The van der Waals surface area contributed by atoms with E-state index >= 15 is 0 Å². The number of anilines is 1. The molecule has 0 N–H and O–H groups in total. The van der Waals surface area contributed by atoms with E-state index in [1.165, 1.54) is 5.69 Å². The van der Waals surface area contributed by atoms with Gasteiger partial charge in [-0.05, 0) is 12.1 Å². The predicted octanol–water partition coefficient (Wildman–Crippen LogP) is 1.75. The monoisotopic (exact) mass is 169 g/mol. The summed E-state index contributed by atoms with van der Waals surface area (Å²) >= 11 is 0. The zero-order chi connectivity index (χ0) is 6.69. The fourth-order valence-electron chi connectivity index (χ4n) is 0.726. The normalized spacial score (nSPS) is 8.20. The van der Waals surface area contributed by atoms with Gasteiger partial charge < -0.3 is 4.90 Å². The maximum atomic E-state index is 2.08. The van der Waals surface area contributed by atoms with Crippen molar-refractivity contribution in [2.45, 2.75) is 0 Å². The first-order valence-electron chi connectivity index (χ1n) is 3.03. The average Bonchev–Trinajstić information content (AvgIpc) is 1.90. The standard InChI is InChI=1S/C8H11N.Ti/c1-9(2)8-6-4-3-5-7-8;/h3-7H,1-2H3;. The van der Waals surface area contributed by atoms with E-state index in [1.54, 1.807) is 0 Å². The molecule has 0 heterocycles. The van der Waals surface area contributed by atoms with Gasteiger partial charge in [0.25, 0.3) is 0 Å². The summed E-state index contributed by atoms with van der Waals surface area (Å²) in [6, 6.07) is 10.3. The zero-order valence-corrected chi connectivity index (χ0v) is 7.90. The van der Waals surface area contributed by atoms with Crippen LogP contribution in [0.3, 0.4) is 0 Å². The molecule has 0 aromatic heterocycles. The van der Waals surface area contributed by atoms with Crippen LogP contribution < -0.4 is 4.90 Å². The second kappa shape index (κ2) is 4.53. The molecule has 0 unspecified atom stereocenters. The number of nitrogens with zero attached hydrogens (tertiary/aromatic N) is 1. The third kappa shape index (κ3) is 2.55. The summed E-state index contributed by atoms with van der Waals surface area (Å²) < 4.78 is 0. The molecule has 0 aliphatic carbocycles. The van der Waals surface area contributed by atoms with E-state index in [1.807, 2.05) is 32.3 Å². The Morgan fingerprint density at radius 3 is 1.80 bits per heavy atom. The van der Waals surface area contributed by atoms with E-state index in [-0.39, 0.29) is 21.7 Å². The average molecular weight is 169 g/mol. The Balaban J connectivity index is 0.000000810. The second-order valence-electron chi connectivity index (χ2n) is 2.23. The Kier molecular flexibility index (Phi) is 4.41. The number of hydrogen-bond donors (Lipinski definition) is 0. The molecule has 0 radical (unpaired) electrons. The molecule has 0 atom stereocenters. The fourth-order valence-corrected chi connectivity index (χ4v) is 0.726. The molecular formula is C8H11NTi. The molecule has 0 amide bonds. The summed E-state index contributed by atoms with van der Waals surface area (Å²) in [4.78, 5) is 2.08. The van der Waals surface area contributed by atoms with E-state index in [4.69, 9.17) is 0 Å². The molecule has 1 aromatic carbocycles. The molecule has 2 heteroatoms. The number of rotatable bonds is 1. The SMILES string of the molecule is CN(C)c1ccccc1.[Ti]. The van der Waals surface area contributed by atoms with Gasteiger partial charge in [-0.3, -0.25) is 0 Å². The van der Waals surface area contributed by atoms with Crippen molar-refractivity contribution in [1.29, 1.82) is 0 Å². The van der Waals surface area contributed by atoms with Crippen molar-refractivity contribution >= 4 is 5.69 Å². The summed E-state index contributed by atoms with van der Waals surface area (Å²) in [5.74, 6) is 0. The Labute approximate surface area is 76.9 Å². The van der Waals surface area contributed by atoms with E-state index in [0.29, 0.717) is 0 Å². The van der Waals surface area contributed by atoms with Gasteiger partial charge in [-0.2, -0.15) is 0 Å². The van der Waals surface area contributed by atoms with Gasteiger partial charge in [0.05, 0.1) is 0 Å². The van der Waals surface area contributed by atoms with Gasteiger partial charge >= 0.3 is 0 Å². The van der Waals surface area contributed by atoms with E-state index in [2.05, 4.69) is 17.0 Å². The first kappa shape index (κ1) is 9.73. The summed E-state index contributed by atoms with van der Waals surface area (Å²) in [5, 5.41) is 0. The Morgan fingerprint density at radius 2 is 1.50 bits per heavy atom. The zero-order valence-electron chi connectivity index (χ0n) is 6.33. The first-order valence-corrected chi connectivity index (χ1v) is 3.03. The first-order chi connectivity index (χ1) is 4.30. The molecule has 0 saturated carbocycles. The van der Waals surface area contributed by atoms with Crippen molar-refractivity contribution in [1.82, 2.24) is 0 Å². The van der Waals surface area contributed by atoms with E-state index in [9.17, 15) is 0 Å². The Bertz CT molecular complexity index is 172. The van der Waals surface area contributed by atoms with E-state index < -0.39 is 0 Å². The van der Waals surface area contributed by atoms with Crippen LogP contribution in [-0.2, 0) is 21.7 Å². The van der Waals surface area contributed by atoms with Gasteiger partial charge in [-0.25, -0.2) is 0 Å². The van der Waals surface area contributed by atoms with Crippen LogP contribution in [0.15, 0.2) is 30.3 Å². The Morgan fingerprint density at radius 1 is 1.00 bits per heavy atom. The molecule has 0 aliphatic heterocycles. The van der Waals surface area contributed by atoms with Gasteiger partial charge in [0.15, 0.2) is 0 Å². The smallest absolute Gasteiger partial charge is 0.0360 e. The van der Waals surface area contributed by atoms with Crippen LogP contribution in [0.1, 0.15) is 0 Å². The minimum atomic E-state index is 0. The summed E-state index contributed by atoms with van der Waals surface area (Å²) in [5.41, 5.74) is 1.25. The van der Waals surface area contributed by atoms with Gasteiger partial charge in [0.2, 0.25) is 0 Å². The van der Waals surface area contributed by atoms with Gasteiger partial charge in [-0.1, -0.05) is 18.2 Å². The van der Waals surface area contributed by atoms with Crippen LogP contribution in [0.2, 0.25) is 0 Å². The van der Waals surface area contributed by atoms with Crippen molar-refractivity contribution in [3.63, 3.8) is 0 Å². The molecular weight excluding hydrogens is 158 g/mol. The summed E-state index contributed by atoms with van der Waals surface area (Å²) in [6.07, 6.45) is 0. The molecule has 0 spiro atoms. The number of benzene rings is 1. The van der Waals surface area contributed by atoms with Gasteiger partial charge in [0, 0.05) is 41.5 Å². The topological polar surface area (TPSA) is 3.24 Å². The minimum absolute atomic E-state index is 0. The minimum Gasteiger partial charge on any atom is -0.378 e. The molecule has 10 heavy (non-hydrogen) atoms. The van der Waals surface area contributed by atoms with E-state index in [0.717, 1.165) is 0 Å². The number of hydrogen-bond acceptors (Lipinski definition) is 1. The van der Waals surface area contributed by atoms with Crippen molar-refractivity contribution in [3.05, 3.63) is 30.3 Å². The van der Waals surface area contributed by atoms with Crippen molar-refractivity contribution < 1.29 is 21.7 Å². The third-order valence-electron chi connectivity index (χ3n) is 1.27. The van der Waals surface area contributed by atoms with Crippen molar-refractivity contribution in [2.75, 3.05) is 19.0 Å². The van der Waals surface area contributed by atoms with Crippen LogP contribution in [0, 0.1) is 0 Å². The molecule has 1 nitrogen and oxygen atoms in total. The second-order valence-corrected chi connectivity index (χ2v) is 2.23. The van der Waals surface area contributed by atoms with Crippen LogP contribution in [-0.4, -0.2) is 14.1 Å². The quantitative estimate of drug-likeness (QED) is 0.579. The molecule has 0 fully saturated rings.